The first-order chi connectivity index (χ1) is 5.16. The topological polar surface area (TPSA) is 38.3 Å². The van der Waals surface area contributed by atoms with E-state index in [2.05, 4.69) is 16.6 Å². The van der Waals surface area contributed by atoms with E-state index in [0.29, 0.717) is 12.5 Å². The maximum absolute atomic E-state index is 10.7. The summed E-state index contributed by atoms with van der Waals surface area (Å²) in [6, 6.07) is 0. The lowest BCUT2D eigenvalue weighted by Gasteiger charge is -2.06. The van der Waals surface area contributed by atoms with Crippen LogP contribution in [0.15, 0.2) is 12.7 Å². The SMILES string of the molecule is C=CCOC(=O)NCC(C)C. The number of amides is 1. The largest absolute Gasteiger partial charge is 0.445 e. The van der Waals surface area contributed by atoms with Crippen molar-refractivity contribution in [3.63, 3.8) is 0 Å². The molecule has 0 aliphatic carbocycles. The first-order valence-corrected chi connectivity index (χ1v) is 3.68. The van der Waals surface area contributed by atoms with E-state index in [1.54, 1.807) is 0 Å². The summed E-state index contributed by atoms with van der Waals surface area (Å²) in [4.78, 5) is 10.7. The van der Waals surface area contributed by atoms with Gasteiger partial charge in [-0.2, -0.15) is 0 Å². The number of nitrogens with one attached hydrogen (secondary N) is 1. The smallest absolute Gasteiger partial charge is 0.407 e. The summed E-state index contributed by atoms with van der Waals surface area (Å²) < 4.78 is 4.67. The third-order valence-electron chi connectivity index (χ3n) is 0.987. The molecule has 0 aliphatic heterocycles. The van der Waals surface area contributed by atoms with E-state index in [1.807, 2.05) is 13.8 Å². The number of alkyl carbamates (subject to hydrolysis) is 1. The van der Waals surface area contributed by atoms with Crippen LogP contribution in [0, 0.1) is 5.92 Å². The molecule has 0 heterocycles. The fourth-order valence-electron chi connectivity index (χ4n) is 0.473. The summed E-state index contributed by atoms with van der Waals surface area (Å²) in [6.45, 7) is 8.38. The number of ether oxygens (including phenoxy) is 1. The monoisotopic (exact) mass is 157 g/mol. The highest BCUT2D eigenvalue weighted by Crippen LogP contribution is 1.87. The van der Waals surface area contributed by atoms with Gasteiger partial charge in [0.15, 0.2) is 0 Å². The lowest BCUT2D eigenvalue weighted by atomic mass is 10.2. The molecule has 0 aliphatic rings. The van der Waals surface area contributed by atoms with Gasteiger partial charge in [-0.3, -0.25) is 0 Å². The van der Waals surface area contributed by atoms with Gasteiger partial charge in [0, 0.05) is 6.54 Å². The number of carbonyl (C=O) groups excluding carboxylic acids is 1. The molecule has 64 valence electrons. The van der Waals surface area contributed by atoms with Crippen molar-refractivity contribution in [2.45, 2.75) is 13.8 Å². The average molecular weight is 157 g/mol. The Kier molecular flexibility index (Phi) is 5.25. The van der Waals surface area contributed by atoms with E-state index in [1.165, 1.54) is 6.08 Å². The second-order valence-corrected chi connectivity index (χ2v) is 2.66. The van der Waals surface area contributed by atoms with Crippen LogP contribution < -0.4 is 5.32 Å². The van der Waals surface area contributed by atoms with Crippen molar-refractivity contribution in [1.82, 2.24) is 5.32 Å². The van der Waals surface area contributed by atoms with Crippen molar-refractivity contribution in [2.24, 2.45) is 5.92 Å². The van der Waals surface area contributed by atoms with Crippen LogP contribution in [0.4, 0.5) is 4.79 Å². The van der Waals surface area contributed by atoms with E-state index < -0.39 is 0 Å². The Hall–Kier alpha value is -0.990. The van der Waals surface area contributed by atoms with E-state index in [-0.39, 0.29) is 12.7 Å². The molecule has 0 saturated heterocycles. The zero-order chi connectivity index (χ0) is 8.69. The van der Waals surface area contributed by atoms with Crippen molar-refractivity contribution in [3.8, 4) is 0 Å². The summed E-state index contributed by atoms with van der Waals surface area (Å²) in [5.41, 5.74) is 0. The quantitative estimate of drug-likeness (QED) is 0.629. The molecule has 0 aromatic heterocycles. The molecular formula is C8H15NO2. The summed E-state index contributed by atoms with van der Waals surface area (Å²) in [5.74, 6) is 0.450. The van der Waals surface area contributed by atoms with E-state index >= 15 is 0 Å². The van der Waals surface area contributed by atoms with Gasteiger partial charge in [-0.15, -0.1) is 0 Å². The number of hydrogen-bond acceptors (Lipinski definition) is 2. The van der Waals surface area contributed by atoms with Gasteiger partial charge >= 0.3 is 6.09 Å². The molecule has 11 heavy (non-hydrogen) atoms. The van der Waals surface area contributed by atoms with Gasteiger partial charge < -0.3 is 10.1 Å². The Labute approximate surface area is 67.4 Å². The summed E-state index contributed by atoms with van der Waals surface area (Å²) in [5, 5.41) is 2.61. The predicted octanol–water partition coefficient (Wildman–Crippen LogP) is 1.55. The molecule has 1 amide bonds. The fourth-order valence-corrected chi connectivity index (χ4v) is 0.473. The molecule has 0 saturated carbocycles. The molecule has 0 atom stereocenters. The van der Waals surface area contributed by atoms with Crippen LogP contribution in [0.5, 0.6) is 0 Å². The standard InChI is InChI=1S/C8H15NO2/c1-4-5-11-8(10)9-6-7(2)3/h4,7H,1,5-6H2,2-3H3,(H,9,10). The second kappa shape index (κ2) is 5.77. The van der Waals surface area contributed by atoms with Gasteiger partial charge in [-0.1, -0.05) is 26.5 Å². The Morgan fingerprint density at radius 1 is 1.73 bits per heavy atom. The Bertz CT molecular complexity index is 132. The molecule has 0 spiro atoms. The minimum atomic E-state index is -0.376. The maximum atomic E-state index is 10.7. The second-order valence-electron chi connectivity index (χ2n) is 2.66. The van der Waals surface area contributed by atoms with Crippen LogP contribution in [0.25, 0.3) is 0 Å². The van der Waals surface area contributed by atoms with Crippen LogP contribution in [-0.2, 0) is 4.74 Å². The number of rotatable bonds is 4. The van der Waals surface area contributed by atoms with Gasteiger partial charge in [0.2, 0.25) is 0 Å². The van der Waals surface area contributed by atoms with Crippen molar-refractivity contribution < 1.29 is 9.53 Å². The van der Waals surface area contributed by atoms with E-state index in [0.717, 1.165) is 0 Å². The van der Waals surface area contributed by atoms with Crippen LogP contribution in [0.3, 0.4) is 0 Å². The van der Waals surface area contributed by atoms with Gasteiger partial charge in [0.1, 0.15) is 6.61 Å². The molecule has 0 aromatic carbocycles. The Balaban J connectivity index is 3.29. The van der Waals surface area contributed by atoms with Crippen LogP contribution in [0.1, 0.15) is 13.8 Å². The van der Waals surface area contributed by atoms with Crippen LogP contribution >= 0.6 is 0 Å². The highest BCUT2D eigenvalue weighted by atomic mass is 16.5. The third kappa shape index (κ3) is 6.90. The minimum absolute atomic E-state index is 0.268. The Morgan fingerprint density at radius 2 is 2.36 bits per heavy atom. The molecule has 0 aromatic rings. The summed E-state index contributed by atoms with van der Waals surface area (Å²) in [7, 11) is 0. The molecule has 3 heteroatoms. The lowest BCUT2D eigenvalue weighted by molar-refractivity contribution is 0.157. The van der Waals surface area contributed by atoms with Gasteiger partial charge in [-0.05, 0) is 5.92 Å². The number of carbonyl (C=O) groups is 1. The van der Waals surface area contributed by atoms with Gasteiger partial charge in [0.05, 0.1) is 0 Å². The number of hydrogen-bond donors (Lipinski definition) is 1. The van der Waals surface area contributed by atoms with E-state index in [4.69, 9.17) is 0 Å². The molecule has 3 nitrogen and oxygen atoms in total. The van der Waals surface area contributed by atoms with Crippen molar-refractivity contribution >= 4 is 6.09 Å². The molecule has 0 unspecified atom stereocenters. The molecule has 0 fully saturated rings. The highest BCUT2D eigenvalue weighted by Gasteiger charge is 1.99. The third-order valence-corrected chi connectivity index (χ3v) is 0.987. The fraction of sp³-hybridized carbons (Fsp3) is 0.625. The molecule has 1 N–H and O–H groups in total. The van der Waals surface area contributed by atoms with Gasteiger partial charge in [0.25, 0.3) is 0 Å². The zero-order valence-electron chi connectivity index (χ0n) is 7.09. The maximum Gasteiger partial charge on any atom is 0.407 e. The highest BCUT2D eigenvalue weighted by molar-refractivity contribution is 5.67. The predicted molar refractivity (Wildman–Crippen MR) is 44.4 cm³/mol. The normalized spacial score (nSPS) is 9.36. The summed E-state index contributed by atoms with van der Waals surface area (Å²) in [6.07, 6.45) is 1.16. The molecule has 0 bridgehead atoms. The minimum Gasteiger partial charge on any atom is -0.445 e. The van der Waals surface area contributed by atoms with Crippen LogP contribution in [-0.4, -0.2) is 19.2 Å². The van der Waals surface area contributed by atoms with E-state index in [9.17, 15) is 4.79 Å². The van der Waals surface area contributed by atoms with Crippen molar-refractivity contribution in [3.05, 3.63) is 12.7 Å². The molecule has 0 rings (SSSR count). The van der Waals surface area contributed by atoms with Crippen LogP contribution in [0.2, 0.25) is 0 Å². The van der Waals surface area contributed by atoms with Gasteiger partial charge in [-0.25, -0.2) is 4.79 Å². The molecule has 0 radical (unpaired) electrons. The summed E-state index contributed by atoms with van der Waals surface area (Å²) >= 11 is 0. The lowest BCUT2D eigenvalue weighted by Crippen LogP contribution is -2.27. The first kappa shape index (κ1) is 10.0. The van der Waals surface area contributed by atoms with Crippen molar-refractivity contribution in [1.29, 1.82) is 0 Å². The molecular weight excluding hydrogens is 142 g/mol. The Morgan fingerprint density at radius 3 is 2.82 bits per heavy atom. The average Bonchev–Trinajstić information content (AvgIpc) is 1.97. The zero-order valence-corrected chi connectivity index (χ0v) is 7.09. The van der Waals surface area contributed by atoms with Crippen molar-refractivity contribution in [2.75, 3.05) is 13.2 Å². The first-order valence-electron chi connectivity index (χ1n) is 3.68.